The van der Waals surface area contributed by atoms with E-state index in [2.05, 4.69) is 81.0 Å². The number of ether oxygens (including phenoxy) is 2. The van der Waals surface area contributed by atoms with Gasteiger partial charge in [-0.05, 0) is 165 Å². The number of nitriles is 2. The number of nitrogens with zero attached hydrogens (tertiary/aromatic N) is 4. The smallest absolute Gasteiger partial charge is 0.469 e. The summed E-state index contributed by atoms with van der Waals surface area (Å²) in [6.45, 7) is 14.7. The zero-order valence-electron chi connectivity index (χ0n) is 44.0. The second-order valence-electron chi connectivity index (χ2n) is 19.9. The van der Waals surface area contributed by atoms with E-state index in [1.165, 1.54) is 37.0 Å². The second kappa shape index (κ2) is 25.4. The summed E-state index contributed by atoms with van der Waals surface area (Å²) in [5, 5.41) is 17.9. The fourth-order valence-corrected chi connectivity index (χ4v) is 9.32. The summed E-state index contributed by atoms with van der Waals surface area (Å²) in [5.41, 5.74) is 12.5. The van der Waals surface area contributed by atoms with Gasteiger partial charge in [0, 0.05) is 49.3 Å². The second-order valence-corrected chi connectivity index (χ2v) is 19.9. The fourth-order valence-electron chi connectivity index (χ4n) is 9.32. The summed E-state index contributed by atoms with van der Waals surface area (Å²) in [5.74, 6) is -0.764. The van der Waals surface area contributed by atoms with Crippen LogP contribution in [0.3, 0.4) is 0 Å². The quantitative estimate of drug-likeness (QED) is 0.0775. The summed E-state index contributed by atoms with van der Waals surface area (Å²) >= 11 is 0. The van der Waals surface area contributed by atoms with Crippen LogP contribution in [0.15, 0.2) is 140 Å². The highest BCUT2D eigenvalue weighted by Gasteiger charge is 2.51. The summed E-state index contributed by atoms with van der Waals surface area (Å²) in [6, 6.07) is 46.6. The molecule has 6 aromatic rings. The third-order valence-corrected chi connectivity index (χ3v) is 14.4. The molecule has 0 N–H and O–H groups in total. The number of carbonyl (C=O) groups excluding carboxylic acids is 4. The van der Waals surface area contributed by atoms with E-state index in [1.807, 2.05) is 96.4 Å². The lowest BCUT2D eigenvalue weighted by molar-refractivity contribution is -0.141. The Kier molecular flexibility index (Phi) is 19.1. The minimum Gasteiger partial charge on any atom is -0.469 e. The minimum atomic E-state index is -0.390. The van der Waals surface area contributed by atoms with Gasteiger partial charge in [-0.1, -0.05) is 92.4 Å². The van der Waals surface area contributed by atoms with Gasteiger partial charge in [-0.3, -0.25) is 14.4 Å². The lowest BCUT2D eigenvalue weighted by Gasteiger charge is -2.32. The Morgan fingerprint density at radius 1 is 0.645 bits per heavy atom. The van der Waals surface area contributed by atoms with E-state index in [9.17, 15) is 24.4 Å². The number of hydrogen-bond acceptors (Lipinski definition) is 10. The molecular weight excluding hydrogens is 952 g/mol. The zero-order chi connectivity index (χ0) is 53.9. The number of aryl methyl sites for hydroxylation is 2. The Morgan fingerprint density at radius 3 is 1.66 bits per heavy atom. The normalized spacial score (nSPS) is 15.1. The Labute approximate surface area is 448 Å². The van der Waals surface area contributed by atoms with E-state index in [4.69, 9.17) is 19.3 Å². The topological polar surface area (TPSA) is 159 Å². The van der Waals surface area contributed by atoms with Crippen molar-refractivity contribution < 1.29 is 38.0 Å². The number of carbonyl (C=O) groups is 4. The van der Waals surface area contributed by atoms with E-state index >= 15 is 0 Å². The largest absolute Gasteiger partial charge is 0.494 e. The summed E-state index contributed by atoms with van der Waals surface area (Å²) in [4.78, 5) is 52.7. The molecule has 1 saturated heterocycles. The molecule has 1 atom stereocenters. The van der Waals surface area contributed by atoms with Crippen molar-refractivity contribution in [2.75, 3.05) is 27.3 Å². The molecule has 0 bridgehead atoms. The molecular formula is C63H67BN4O8. The summed E-state index contributed by atoms with van der Waals surface area (Å²) < 4.78 is 21.8. The number of rotatable bonds is 9. The average Bonchev–Trinajstić information content (AvgIpc) is 3.66. The Balaban J connectivity index is 0.000000196. The van der Waals surface area contributed by atoms with Crippen LogP contribution in [0.1, 0.15) is 129 Å². The van der Waals surface area contributed by atoms with Gasteiger partial charge in [0.1, 0.15) is 0 Å². The van der Waals surface area contributed by atoms with Gasteiger partial charge in [-0.25, -0.2) is 4.79 Å². The molecule has 1 fully saturated rings. The number of methoxy groups -OCH3 is 2. The highest BCUT2D eigenvalue weighted by Crippen LogP contribution is 2.37. The zero-order valence-corrected chi connectivity index (χ0v) is 44.0. The molecule has 1 unspecified atom stereocenters. The van der Waals surface area contributed by atoms with Crippen molar-refractivity contribution in [3.63, 3.8) is 0 Å². The molecule has 2 amide bonds. The van der Waals surface area contributed by atoms with Gasteiger partial charge < -0.3 is 28.6 Å². The van der Waals surface area contributed by atoms with Crippen molar-refractivity contribution in [2.24, 2.45) is 0 Å². The first kappa shape index (κ1) is 57.2. The predicted octanol–water partition coefficient (Wildman–Crippen LogP) is 10.6. The van der Waals surface area contributed by atoms with Crippen LogP contribution in [0.4, 0.5) is 0 Å². The summed E-state index contributed by atoms with van der Waals surface area (Å²) in [6.07, 6.45) is 4.90. The number of hydrogen-bond donors (Lipinski definition) is 0. The number of benzene rings is 6. The standard InChI is InChI=1S/C28H26N2O3.C22H26BNO3.C12H11NO2.CH4/c1-19-14-20(17-29)8-11-25(19)26(16-27(31)33-2)23-10-9-21-12-13-30(18-24(21)15-23)28(32)22-6-4-3-5-7-22;1-21(2)22(3,4)27-23(26-21)19-11-10-16-12-13-24(15-18(16)14-19)20(25)17-8-6-5-7-9-17;1-9-7-10(8-13)3-4-11(9)5-6-12(14)15-2;/h3-11,14-15,26H,12-13,16,18H2,1-2H3;5-11,14H,12-13,15H2,1-4H3;3-7H,1-2H3;1H4/b;;6-5+;. The maximum Gasteiger partial charge on any atom is 0.494 e. The monoisotopic (exact) mass is 1020 g/mol. The van der Waals surface area contributed by atoms with Crippen LogP contribution in [0.2, 0.25) is 0 Å². The molecule has 0 saturated carbocycles. The molecule has 0 spiro atoms. The lowest BCUT2D eigenvalue weighted by Crippen LogP contribution is -2.41. The molecule has 13 heteroatoms. The first-order chi connectivity index (χ1) is 35.9. The van der Waals surface area contributed by atoms with Crippen LogP contribution in [0.5, 0.6) is 0 Å². The van der Waals surface area contributed by atoms with Gasteiger partial charge in [-0.15, -0.1) is 0 Å². The third kappa shape index (κ3) is 13.8. The average molecular weight is 1020 g/mol. The van der Waals surface area contributed by atoms with E-state index in [0.29, 0.717) is 36.3 Å². The highest BCUT2D eigenvalue weighted by molar-refractivity contribution is 6.62. The van der Waals surface area contributed by atoms with Crippen LogP contribution in [0.25, 0.3) is 6.08 Å². The molecule has 3 aliphatic rings. The van der Waals surface area contributed by atoms with Gasteiger partial charge in [0.05, 0.1) is 55.1 Å². The van der Waals surface area contributed by atoms with Crippen LogP contribution in [-0.2, 0) is 54.3 Å². The van der Waals surface area contributed by atoms with Gasteiger partial charge in [-0.2, -0.15) is 10.5 Å². The molecule has 0 radical (unpaired) electrons. The maximum absolute atomic E-state index is 13.0. The van der Waals surface area contributed by atoms with Gasteiger partial charge in [0.2, 0.25) is 0 Å². The number of esters is 2. The van der Waals surface area contributed by atoms with Crippen LogP contribution < -0.4 is 5.46 Å². The van der Waals surface area contributed by atoms with Crippen molar-refractivity contribution in [1.82, 2.24) is 9.80 Å². The van der Waals surface area contributed by atoms with E-state index in [0.717, 1.165) is 63.8 Å². The lowest BCUT2D eigenvalue weighted by atomic mass is 9.77. The van der Waals surface area contributed by atoms with E-state index in [-0.39, 0.29) is 55.9 Å². The molecule has 6 aromatic carbocycles. The molecule has 3 heterocycles. The molecule has 12 nitrogen and oxygen atoms in total. The fraction of sp³-hybridized carbons (Fsp3) is 0.302. The molecule has 0 aromatic heterocycles. The van der Waals surface area contributed by atoms with Crippen molar-refractivity contribution in [3.05, 3.63) is 212 Å². The SMILES string of the molecule is C.CC1(C)OB(c2ccc3c(c2)CN(C(=O)c2ccccc2)CC3)OC1(C)C.COC(=O)/C=C/c1ccc(C#N)cc1C.COC(=O)CC(c1ccc2c(c1)CN(C(=O)c1ccccc1)CC2)c1ccc(C#N)cc1C. The van der Waals surface area contributed by atoms with E-state index < -0.39 is 5.97 Å². The Bertz CT molecular complexity index is 3160. The molecule has 0 aliphatic carbocycles. The van der Waals surface area contributed by atoms with Crippen LogP contribution in [-0.4, -0.2) is 79.2 Å². The third-order valence-electron chi connectivity index (χ3n) is 14.4. The summed E-state index contributed by atoms with van der Waals surface area (Å²) in [7, 11) is 2.35. The van der Waals surface area contributed by atoms with Crippen molar-refractivity contribution in [3.8, 4) is 12.1 Å². The number of amides is 2. The maximum atomic E-state index is 13.0. The van der Waals surface area contributed by atoms with Gasteiger partial charge >= 0.3 is 19.1 Å². The van der Waals surface area contributed by atoms with Crippen molar-refractivity contribution in [2.45, 2.75) is 98.4 Å². The first-order valence-electron chi connectivity index (χ1n) is 25.1. The molecule has 76 heavy (non-hydrogen) atoms. The van der Waals surface area contributed by atoms with Gasteiger partial charge in [0.15, 0.2) is 0 Å². The van der Waals surface area contributed by atoms with Crippen molar-refractivity contribution in [1.29, 1.82) is 10.5 Å². The molecule has 390 valence electrons. The Morgan fingerprint density at radius 2 is 1.16 bits per heavy atom. The Hall–Kier alpha value is -8.10. The molecule has 3 aliphatic heterocycles. The predicted molar refractivity (Wildman–Crippen MR) is 296 cm³/mol. The van der Waals surface area contributed by atoms with E-state index in [1.54, 1.807) is 30.3 Å². The van der Waals surface area contributed by atoms with Crippen LogP contribution >= 0.6 is 0 Å². The van der Waals surface area contributed by atoms with Gasteiger partial charge in [0.25, 0.3) is 11.8 Å². The number of fused-ring (bicyclic) bond motifs is 2. The highest BCUT2D eigenvalue weighted by atomic mass is 16.7. The van der Waals surface area contributed by atoms with Crippen LogP contribution in [0, 0.1) is 36.5 Å². The van der Waals surface area contributed by atoms with Crippen molar-refractivity contribution >= 4 is 42.4 Å². The molecule has 9 rings (SSSR count). The minimum absolute atomic E-state index is 0. The first-order valence-corrected chi connectivity index (χ1v) is 25.1.